The molecular formula is C19H26FN3O. The number of nitrogens with zero attached hydrogens (tertiary/aromatic N) is 1. The number of hydrogen-bond acceptors (Lipinski definition) is 4. The first-order chi connectivity index (χ1) is 11.5. The van der Waals surface area contributed by atoms with Crippen molar-refractivity contribution < 1.29 is 10.6 Å². The van der Waals surface area contributed by atoms with Gasteiger partial charge in [-0.15, -0.1) is 0 Å². The third kappa shape index (κ3) is 4.03. The van der Waals surface area contributed by atoms with Crippen LogP contribution in [0.4, 0.5) is 15.8 Å². The lowest BCUT2D eigenvalue weighted by Crippen LogP contribution is -2.28. The van der Waals surface area contributed by atoms with Crippen LogP contribution in [-0.4, -0.2) is 24.9 Å². The van der Waals surface area contributed by atoms with Crippen molar-refractivity contribution in [3.8, 4) is 0 Å². The molecule has 5 heteroatoms. The van der Waals surface area contributed by atoms with E-state index in [0.29, 0.717) is 13.3 Å². The van der Waals surface area contributed by atoms with E-state index >= 15 is 0 Å². The summed E-state index contributed by atoms with van der Waals surface area (Å²) in [6, 6.07) is 10.4. The molecule has 24 heavy (non-hydrogen) atoms. The molecule has 3 rings (SSSR count). The number of hydrogen-bond donors (Lipinski definition) is 2. The zero-order chi connectivity index (χ0) is 17.0. The molecule has 0 amide bonds. The molecule has 2 heterocycles. The summed E-state index contributed by atoms with van der Waals surface area (Å²) in [6.45, 7) is 6.23. The van der Waals surface area contributed by atoms with Gasteiger partial charge in [-0.2, -0.15) is 0 Å². The SMILES string of the molecule is CC(C)(COCNc1ccc(F)cc1)c1ccc2c(n1)CCCN2.[HH]. The first-order valence-electron chi connectivity index (χ1n) is 8.36. The van der Waals surface area contributed by atoms with Crippen LogP contribution >= 0.6 is 0 Å². The predicted molar refractivity (Wildman–Crippen MR) is 97.0 cm³/mol. The summed E-state index contributed by atoms with van der Waals surface area (Å²) in [7, 11) is 0. The Bertz CT molecular complexity index is 692. The normalized spacial score (nSPS) is 14.0. The second-order valence-corrected chi connectivity index (χ2v) is 6.78. The van der Waals surface area contributed by atoms with Crippen LogP contribution in [0.2, 0.25) is 0 Å². The molecule has 1 aromatic carbocycles. The van der Waals surface area contributed by atoms with Crippen molar-refractivity contribution in [2.75, 3.05) is 30.5 Å². The minimum Gasteiger partial charge on any atom is -0.384 e. The molecule has 0 saturated heterocycles. The molecule has 2 N–H and O–H groups in total. The average molecular weight is 331 g/mol. The lowest BCUT2D eigenvalue weighted by atomic mass is 9.89. The van der Waals surface area contributed by atoms with E-state index in [1.807, 2.05) is 0 Å². The fourth-order valence-electron chi connectivity index (χ4n) is 2.79. The maximum Gasteiger partial charge on any atom is 0.123 e. The molecule has 1 aliphatic rings. The molecule has 0 radical (unpaired) electrons. The third-order valence-electron chi connectivity index (χ3n) is 4.26. The number of ether oxygens (including phenoxy) is 1. The molecule has 1 aliphatic heterocycles. The Balaban J connectivity index is 0.00000225. The van der Waals surface area contributed by atoms with E-state index in [4.69, 9.17) is 9.72 Å². The summed E-state index contributed by atoms with van der Waals surface area (Å²) in [4.78, 5) is 4.83. The number of benzene rings is 1. The van der Waals surface area contributed by atoms with Crippen LogP contribution in [0, 0.1) is 5.82 Å². The van der Waals surface area contributed by atoms with Crippen LogP contribution < -0.4 is 10.6 Å². The smallest absolute Gasteiger partial charge is 0.123 e. The zero-order valence-electron chi connectivity index (χ0n) is 14.2. The maximum absolute atomic E-state index is 12.9. The van der Waals surface area contributed by atoms with Gasteiger partial charge in [-0.05, 0) is 49.2 Å². The highest BCUT2D eigenvalue weighted by molar-refractivity contribution is 5.50. The van der Waals surface area contributed by atoms with Gasteiger partial charge in [-0.1, -0.05) is 13.8 Å². The number of pyridine rings is 1. The van der Waals surface area contributed by atoms with Crippen molar-refractivity contribution in [3.63, 3.8) is 0 Å². The Hall–Kier alpha value is -2.14. The van der Waals surface area contributed by atoms with Crippen LogP contribution in [-0.2, 0) is 16.6 Å². The van der Waals surface area contributed by atoms with Crippen molar-refractivity contribution >= 4 is 11.4 Å². The van der Waals surface area contributed by atoms with E-state index in [1.165, 1.54) is 12.1 Å². The third-order valence-corrected chi connectivity index (χ3v) is 4.26. The monoisotopic (exact) mass is 331 g/mol. The number of aromatic nitrogens is 1. The number of aryl methyl sites for hydroxylation is 1. The van der Waals surface area contributed by atoms with Crippen LogP contribution in [0.15, 0.2) is 36.4 Å². The molecule has 1 aromatic heterocycles. The maximum atomic E-state index is 12.9. The second-order valence-electron chi connectivity index (χ2n) is 6.78. The van der Waals surface area contributed by atoms with Gasteiger partial charge in [0.05, 0.1) is 18.0 Å². The fourth-order valence-corrected chi connectivity index (χ4v) is 2.79. The van der Waals surface area contributed by atoms with Crippen molar-refractivity contribution in [1.29, 1.82) is 0 Å². The molecule has 0 bridgehead atoms. The Kier molecular flexibility index (Phi) is 5.00. The standard InChI is InChI=1S/C19H24FN3O.H2/c1-19(2,12-24-13-22-15-7-5-14(20)6-8-15)18-10-9-16-17(23-18)4-3-11-21-16;/h5-10,21-22H,3-4,11-13H2,1-2H3;1H. The minimum atomic E-state index is -0.240. The Labute approximate surface area is 143 Å². The lowest BCUT2D eigenvalue weighted by Gasteiger charge is -2.26. The molecule has 2 aromatic rings. The summed E-state index contributed by atoms with van der Waals surface area (Å²) in [5.41, 5.74) is 4.02. The van der Waals surface area contributed by atoms with Gasteiger partial charge in [-0.3, -0.25) is 4.98 Å². The molecule has 0 spiro atoms. The number of rotatable bonds is 6. The molecule has 0 aliphatic carbocycles. The van der Waals surface area contributed by atoms with Gasteiger partial charge in [0.15, 0.2) is 0 Å². The van der Waals surface area contributed by atoms with Crippen molar-refractivity contribution in [1.82, 2.24) is 4.98 Å². The second kappa shape index (κ2) is 7.18. The van der Waals surface area contributed by atoms with Gasteiger partial charge < -0.3 is 15.4 Å². The largest absolute Gasteiger partial charge is 0.384 e. The van der Waals surface area contributed by atoms with Crippen LogP contribution in [0.25, 0.3) is 0 Å². The van der Waals surface area contributed by atoms with E-state index in [-0.39, 0.29) is 12.7 Å². The predicted octanol–water partition coefficient (Wildman–Crippen LogP) is 4.19. The number of anilines is 2. The van der Waals surface area contributed by atoms with Crippen LogP contribution in [0.1, 0.15) is 33.1 Å². The van der Waals surface area contributed by atoms with Gasteiger partial charge in [-0.25, -0.2) is 4.39 Å². The highest BCUT2D eigenvalue weighted by Crippen LogP contribution is 2.27. The van der Waals surface area contributed by atoms with E-state index in [9.17, 15) is 4.39 Å². The molecule has 0 atom stereocenters. The Morgan fingerprint density at radius 2 is 2.04 bits per heavy atom. The Morgan fingerprint density at radius 1 is 1.25 bits per heavy atom. The summed E-state index contributed by atoms with van der Waals surface area (Å²) < 4.78 is 18.6. The van der Waals surface area contributed by atoms with Gasteiger partial charge in [0.1, 0.15) is 12.5 Å². The van der Waals surface area contributed by atoms with Crippen molar-refractivity contribution in [2.24, 2.45) is 0 Å². The van der Waals surface area contributed by atoms with Gasteiger partial charge >= 0.3 is 0 Å². The topological polar surface area (TPSA) is 46.2 Å². The van der Waals surface area contributed by atoms with Gasteiger partial charge in [0.2, 0.25) is 0 Å². The number of halogens is 1. The molecule has 0 fully saturated rings. The van der Waals surface area contributed by atoms with Gasteiger partial charge in [0.25, 0.3) is 0 Å². The molecule has 0 saturated carbocycles. The minimum absolute atomic E-state index is 0. The quantitative estimate of drug-likeness (QED) is 0.615. The summed E-state index contributed by atoms with van der Waals surface area (Å²) in [6.07, 6.45) is 2.15. The molecule has 4 nitrogen and oxygen atoms in total. The fraction of sp³-hybridized carbons (Fsp3) is 0.421. The van der Waals surface area contributed by atoms with Crippen molar-refractivity contribution in [2.45, 2.75) is 32.1 Å². The van der Waals surface area contributed by atoms with Crippen LogP contribution in [0.3, 0.4) is 0 Å². The van der Waals surface area contributed by atoms with E-state index in [2.05, 4.69) is 36.6 Å². The summed E-state index contributed by atoms with van der Waals surface area (Å²) in [5, 5.41) is 6.51. The van der Waals surface area contributed by atoms with E-state index in [1.54, 1.807) is 12.1 Å². The van der Waals surface area contributed by atoms with Gasteiger partial charge in [0, 0.05) is 24.8 Å². The lowest BCUT2D eigenvalue weighted by molar-refractivity contribution is 0.108. The Morgan fingerprint density at radius 3 is 2.83 bits per heavy atom. The summed E-state index contributed by atoms with van der Waals surface area (Å²) in [5.74, 6) is -0.240. The van der Waals surface area contributed by atoms with E-state index in [0.717, 1.165) is 42.1 Å². The molecular weight excluding hydrogens is 305 g/mol. The van der Waals surface area contributed by atoms with E-state index < -0.39 is 0 Å². The number of nitrogens with one attached hydrogen (secondary N) is 2. The number of fused-ring (bicyclic) bond motifs is 1. The molecule has 130 valence electrons. The first-order valence-corrected chi connectivity index (χ1v) is 8.36. The average Bonchev–Trinajstić information content (AvgIpc) is 2.60. The summed E-state index contributed by atoms with van der Waals surface area (Å²) >= 11 is 0. The highest BCUT2D eigenvalue weighted by Gasteiger charge is 2.24. The molecule has 0 unspecified atom stereocenters. The highest BCUT2D eigenvalue weighted by atomic mass is 19.1. The van der Waals surface area contributed by atoms with Crippen LogP contribution in [0.5, 0.6) is 0 Å². The zero-order valence-corrected chi connectivity index (χ0v) is 14.2. The van der Waals surface area contributed by atoms with Crippen molar-refractivity contribution in [3.05, 3.63) is 53.6 Å². The first kappa shape index (κ1) is 16.7.